The summed E-state index contributed by atoms with van der Waals surface area (Å²) in [4.78, 5) is 110. The van der Waals surface area contributed by atoms with Crippen LogP contribution in [0.2, 0.25) is 0 Å². The van der Waals surface area contributed by atoms with Gasteiger partial charge in [0, 0.05) is 161 Å². The molecule has 0 radical (unpaired) electrons. The molecule has 3 aromatic carbocycles. The number of hydrogen-bond acceptors (Lipinski definition) is 27. The van der Waals surface area contributed by atoms with Crippen molar-refractivity contribution in [3.63, 3.8) is 0 Å². The summed E-state index contributed by atoms with van der Waals surface area (Å²) >= 11 is 0. The summed E-state index contributed by atoms with van der Waals surface area (Å²) in [6.07, 6.45) is 16.0. The first-order chi connectivity index (χ1) is 53.1. The molecular weight excluding hydrogens is 1390 g/mol. The molecule has 34 nitrogen and oxygen atoms in total. The Morgan fingerprint density at radius 2 is 0.769 bits per heavy atom. The van der Waals surface area contributed by atoms with Gasteiger partial charge in [-0.3, -0.25) is 40.6 Å². The van der Waals surface area contributed by atoms with Gasteiger partial charge in [0.15, 0.2) is 5.82 Å². The normalized spacial score (nSPS) is 14.0. The molecule has 34 heteroatoms. The highest BCUT2D eigenvalue weighted by atomic mass is 16.6. The van der Waals surface area contributed by atoms with E-state index in [4.69, 9.17) is 37.9 Å². The molecule has 9 aromatic heterocycles. The predicted molar refractivity (Wildman–Crippen MR) is 401 cm³/mol. The molecule has 4 amide bonds. The SMILES string of the molecule is CCNC(=O)Nc1nc2c(-c3ccccn3)cc(-c3cnc(OCCN4CCOCC4)nc3)cc2[nH]1.CCOC(=O)Nc1nc2c(-c3ccccn3)cc(-c3cnc(OCCN4CCOCC4)nc3)cc2[nH]1.CCOC(=O)Nc1nc2c(-c3ncccn3)cc(-c3cnc(OCCN4CCOCC4)nc3)cc2[nH]1. The first kappa shape index (κ1) is 74.0. The van der Waals surface area contributed by atoms with Crippen molar-refractivity contribution in [1.29, 1.82) is 0 Å². The highest BCUT2D eigenvalue weighted by Gasteiger charge is 2.22. The second kappa shape index (κ2) is 37.1. The topological polar surface area (TPSA) is 398 Å². The number of imidazole rings is 3. The molecule has 12 heterocycles. The van der Waals surface area contributed by atoms with Crippen LogP contribution in [-0.2, 0) is 23.7 Å². The highest BCUT2D eigenvalue weighted by Crippen LogP contribution is 2.36. The Morgan fingerprint density at radius 1 is 0.417 bits per heavy atom. The van der Waals surface area contributed by atoms with E-state index in [-0.39, 0.29) is 31.1 Å². The van der Waals surface area contributed by atoms with Crippen molar-refractivity contribution in [2.24, 2.45) is 0 Å². The van der Waals surface area contributed by atoms with Gasteiger partial charge in [-0.05, 0) is 104 Å². The lowest BCUT2D eigenvalue weighted by Gasteiger charge is -2.26. The number of benzene rings is 3. The van der Waals surface area contributed by atoms with Crippen molar-refractivity contribution >= 4 is 69.2 Å². The third kappa shape index (κ3) is 20.0. The molecule has 15 rings (SSSR count). The zero-order chi connectivity index (χ0) is 74.2. The molecule has 3 aliphatic rings. The molecule has 0 unspecified atom stereocenters. The molecule has 0 bridgehead atoms. The molecule has 3 aliphatic heterocycles. The second-order valence-electron chi connectivity index (χ2n) is 24.4. The fraction of sp³-hybridized carbons (Fsp3) is 0.324. The average Bonchev–Trinajstić information content (AvgIpc) is 1.56. The van der Waals surface area contributed by atoms with E-state index in [0.717, 1.165) is 165 Å². The number of amides is 4. The molecule has 0 aliphatic carbocycles. The maximum atomic E-state index is 12.0. The smallest absolute Gasteiger partial charge is 0.413 e. The Bertz CT molecular complexity index is 4400. The molecule has 0 atom stereocenters. The number of rotatable bonds is 24. The van der Waals surface area contributed by atoms with Crippen LogP contribution in [0.3, 0.4) is 0 Å². The van der Waals surface area contributed by atoms with Gasteiger partial charge in [-0.1, -0.05) is 12.1 Å². The van der Waals surface area contributed by atoms with Gasteiger partial charge in [-0.25, -0.2) is 69.2 Å². The van der Waals surface area contributed by atoms with Crippen molar-refractivity contribution in [3.05, 3.63) is 141 Å². The maximum absolute atomic E-state index is 12.0. The minimum atomic E-state index is -0.591. The summed E-state index contributed by atoms with van der Waals surface area (Å²) in [5, 5.41) is 10.7. The lowest BCUT2D eigenvalue weighted by molar-refractivity contribution is 0.0316. The standard InChI is InChI=1S/C25H28N8O3.C25H27N7O4.C24H26N8O4/c1-2-26-24(34)32-23-30-21-14-17(13-19(22(21)31-23)20-5-3-4-6-27-20)18-15-28-25(29-16-18)36-12-9-33-7-10-35-11-8-33;1-2-35-25(33)31-23-29-21-14-17(13-19(22(21)30-23)20-5-3-4-6-26-20)18-15-27-24(28-16-18)36-12-9-32-7-10-34-11-8-32;1-2-35-24(33)31-22-29-19-13-16(12-18(20(19)30-22)21-25-4-3-5-26-21)17-14-27-23(28-15-17)36-11-8-32-6-9-34-10-7-32/h3-6,13-16H,2,7-12H2,1H3,(H3,26,30,31,32,34);3-6,13-16H,2,7-12H2,1H3,(H2,29,30,31,33);3-5,12-15H,2,6-11H2,1H3,(H2,29,30,31,33). The Morgan fingerprint density at radius 3 is 1.12 bits per heavy atom. The van der Waals surface area contributed by atoms with E-state index in [0.29, 0.717) is 83.8 Å². The molecule has 3 saturated heterocycles. The van der Waals surface area contributed by atoms with Gasteiger partial charge >= 0.3 is 36.2 Å². The zero-order valence-electron chi connectivity index (χ0n) is 59.8. The van der Waals surface area contributed by atoms with Gasteiger partial charge in [-0.2, -0.15) is 0 Å². The van der Waals surface area contributed by atoms with Crippen molar-refractivity contribution < 1.29 is 52.3 Å². The van der Waals surface area contributed by atoms with Crippen LogP contribution in [0.4, 0.5) is 32.2 Å². The van der Waals surface area contributed by atoms with E-state index in [1.807, 2.05) is 79.7 Å². The van der Waals surface area contributed by atoms with E-state index in [1.165, 1.54) is 0 Å². The van der Waals surface area contributed by atoms with Crippen LogP contribution in [0.5, 0.6) is 18.0 Å². The van der Waals surface area contributed by atoms with Crippen LogP contribution in [0, 0.1) is 0 Å². The molecule has 0 saturated carbocycles. The van der Waals surface area contributed by atoms with E-state index < -0.39 is 12.2 Å². The van der Waals surface area contributed by atoms with Crippen LogP contribution < -0.4 is 35.5 Å². The molecule has 12 aromatic rings. The van der Waals surface area contributed by atoms with Crippen LogP contribution >= 0.6 is 0 Å². The summed E-state index contributed by atoms with van der Waals surface area (Å²) in [6, 6.07) is 25.5. The van der Waals surface area contributed by atoms with E-state index in [9.17, 15) is 14.4 Å². The summed E-state index contributed by atoms with van der Waals surface area (Å²) in [7, 11) is 0. The maximum Gasteiger partial charge on any atom is 0.413 e. The summed E-state index contributed by atoms with van der Waals surface area (Å²) < 4.78 is 43.2. The number of pyridine rings is 2. The molecule has 108 heavy (non-hydrogen) atoms. The Kier molecular flexibility index (Phi) is 25.4. The summed E-state index contributed by atoms with van der Waals surface area (Å²) in [6.45, 7) is 20.3. The zero-order valence-corrected chi connectivity index (χ0v) is 59.8. The Balaban J connectivity index is 0.000000143. The first-order valence-corrected chi connectivity index (χ1v) is 35.5. The van der Waals surface area contributed by atoms with E-state index in [2.05, 4.69) is 116 Å². The van der Waals surface area contributed by atoms with Crippen molar-refractivity contribution in [2.75, 3.05) is 154 Å². The van der Waals surface area contributed by atoms with Crippen molar-refractivity contribution in [1.82, 2.24) is 99.8 Å². The largest absolute Gasteiger partial charge is 0.462 e. The van der Waals surface area contributed by atoms with Gasteiger partial charge < -0.3 is 58.2 Å². The average molecular weight is 1470 g/mol. The molecular formula is C74H81N23O11. The van der Waals surface area contributed by atoms with Crippen LogP contribution in [0.25, 0.3) is 100 Å². The number of carbonyl (C=O) groups excluding carboxylic acids is 3. The van der Waals surface area contributed by atoms with Crippen LogP contribution in [0.1, 0.15) is 20.8 Å². The monoisotopic (exact) mass is 1470 g/mol. The van der Waals surface area contributed by atoms with Crippen molar-refractivity contribution in [3.8, 4) is 85.3 Å². The lowest BCUT2D eigenvalue weighted by Crippen LogP contribution is -2.38. The fourth-order valence-electron chi connectivity index (χ4n) is 11.8. The van der Waals surface area contributed by atoms with Gasteiger partial charge in [-0.15, -0.1) is 0 Å². The van der Waals surface area contributed by atoms with Gasteiger partial charge in [0.2, 0.25) is 17.8 Å². The number of nitrogens with one attached hydrogen (secondary N) is 7. The number of H-pyrrole nitrogens is 3. The minimum Gasteiger partial charge on any atom is -0.462 e. The molecule has 558 valence electrons. The number of urea groups is 1. The van der Waals surface area contributed by atoms with Crippen LogP contribution in [-0.4, -0.2) is 251 Å². The second-order valence-corrected chi connectivity index (χ2v) is 24.4. The van der Waals surface area contributed by atoms with Crippen molar-refractivity contribution in [2.45, 2.75) is 20.8 Å². The summed E-state index contributed by atoms with van der Waals surface area (Å²) in [5.41, 5.74) is 13.0. The molecule has 7 N–H and O–H groups in total. The third-order valence-electron chi connectivity index (χ3n) is 17.1. The lowest BCUT2D eigenvalue weighted by atomic mass is 10.0. The quantitative estimate of drug-likeness (QED) is 0.0296. The number of aromatic amines is 3. The molecule has 0 spiro atoms. The van der Waals surface area contributed by atoms with Crippen LogP contribution in [0.15, 0.2) is 141 Å². The number of morpholine rings is 3. The highest BCUT2D eigenvalue weighted by molar-refractivity contribution is 6.00. The number of carbonyl (C=O) groups is 3. The number of ether oxygens (including phenoxy) is 8. The van der Waals surface area contributed by atoms with Gasteiger partial charge in [0.25, 0.3) is 0 Å². The van der Waals surface area contributed by atoms with Gasteiger partial charge in [0.1, 0.15) is 25.3 Å². The van der Waals surface area contributed by atoms with Gasteiger partial charge in [0.05, 0.1) is 91.8 Å². The Labute approximate surface area is 619 Å². The number of nitrogens with zero attached hydrogens (tertiary/aromatic N) is 16. The van der Waals surface area contributed by atoms with E-state index in [1.54, 1.807) is 81.9 Å². The first-order valence-electron chi connectivity index (χ1n) is 35.5. The third-order valence-corrected chi connectivity index (χ3v) is 17.1. The number of fused-ring (bicyclic) bond motifs is 3. The molecule has 3 fully saturated rings. The summed E-state index contributed by atoms with van der Waals surface area (Å²) in [5.74, 6) is 1.41. The Hall–Kier alpha value is -12.3. The number of anilines is 3. The number of aromatic nitrogens is 16. The fourth-order valence-corrected chi connectivity index (χ4v) is 11.8. The van der Waals surface area contributed by atoms with E-state index >= 15 is 0 Å². The predicted octanol–water partition coefficient (Wildman–Crippen LogP) is 9.05. The number of hydrogen-bond donors (Lipinski definition) is 7. The minimum absolute atomic E-state index is 0.256.